The van der Waals surface area contributed by atoms with Crippen LogP contribution in [0.2, 0.25) is 0 Å². The fraction of sp³-hybridized carbons (Fsp3) is 0.571. The summed E-state index contributed by atoms with van der Waals surface area (Å²) in [5.41, 5.74) is 7.37. The van der Waals surface area contributed by atoms with Crippen molar-refractivity contribution >= 4 is 15.9 Å². The zero-order valence-corrected chi connectivity index (χ0v) is 12.9. The molecule has 0 spiro atoms. The van der Waals surface area contributed by atoms with E-state index in [9.17, 15) is 8.42 Å². The summed E-state index contributed by atoms with van der Waals surface area (Å²) in [6.07, 6.45) is 1.89. The molecular formula is C14H23N3O2S. The highest BCUT2D eigenvalue weighted by Gasteiger charge is 2.39. The SMILES string of the molecule is CCN(CC)S(=O)(=O)N(Cc1cccc(N)c1)C1CC1. The molecule has 0 radical (unpaired) electrons. The van der Waals surface area contributed by atoms with Crippen molar-refractivity contribution in [2.24, 2.45) is 0 Å². The molecule has 0 unspecified atom stereocenters. The molecule has 0 bridgehead atoms. The molecule has 1 aromatic carbocycles. The average Bonchev–Trinajstić information content (AvgIpc) is 3.21. The molecule has 0 aromatic heterocycles. The highest BCUT2D eigenvalue weighted by molar-refractivity contribution is 7.86. The van der Waals surface area contributed by atoms with Gasteiger partial charge < -0.3 is 5.73 Å². The van der Waals surface area contributed by atoms with Crippen LogP contribution < -0.4 is 5.73 Å². The first-order valence-electron chi connectivity index (χ1n) is 7.10. The summed E-state index contributed by atoms with van der Waals surface area (Å²) in [4.78, 5) is 0. The molecule has 2 rings (SSSR count). The molecule has 2 N–H and O–H groups in total. The van der Waals surface area contributed by atoms with Crippen molar-refractivity contribution in [2.75, 3.05) is 18.8 Å². The van der Waals surface area contributed by atoms with Gasteiger partial charge in [0.2, 0.25) is 0 Å². The van der Waals surface area contributed by atoms with Gasteiger partial charge >= 0.3 is 0 Å². The Morgan fingerprint density at radius 1 is 1.25 bits per heavy atom. The summed E-state index contributed by atoms with van der Waals surface area (Å²) in [5, 5.41) is 0. The quantitative estimate of drug-likeness (QED) is 0.781. The second-order valence-corrected chi connectivity index (χ2v) is 6.99. The van der Waals surface area contributed by atoms with E-state index in [2.05, 4.69) is 0 Å². The molecule has 1 aliphatic rings. The van der Waals surface area contributed by atoms with Crippen molar-refractivity contribution in [1.82, 2.24) is 8.61 Å². The van der Waals surface area contributed by atoms with Gasteiger partial charge in [0, 0.05) is 31.4 Å². The highest BCUT2D eigenvalue weighted by Crippen LogP contribution is 2.32. The van der Waals surface area contributed by atoms with Crippen LogP contribution in [0.5, 0.6) is 0 Å². The first kappa shape index (κ1) is 15.3. The van der Waals surface area contributed by atoms with Gasteiger partial charge in [-0.15, -0.1) is 0 Å². The molecule has 1 saturated carbocycles. The fourth-order valence-corrected chi connectivity index (χ4v) is 4.18. The van der Waals surface area contributed by atoms with E-state index in [-0.39, 0.29) is 6.04 Å². The lowest BCUT2D eigenvalue weighted by Crippen LogP contribution is -2.44. The number of anilines is 1. The summed E-state index contributed by atoms with van der Waals surface area (Å²) in [6, 6.07) is 7.57. The van der Waals surface area contributed by atoms with Crippen molar-refractivity contribution in [3.05, 3.63) is 29.8 Å². The Bertz CT molecular complexity index is 551. The maximum Gasteiger partial charge on any atom is 0.282 e. The Balaban J connectivity index is 2.23. The van der Waals surface area contributed by atoms with Gasteiger partial charge in [-0.25, -0.2) is 0 Å². The molecule has 0 saturated heterocycles. The van der Waals surface area contributed by atoms with Gasteiger partial charge in [0.05, 0.1) is 0 Å². The Morgan fingerprint density at radius 2 is 1.90 bits per heavy atom. The van der Waals surface area contributed by atoms with Gasteiger partial charge in [0.15, 0.2) is 0 Å². The van der Waals surface area contributed by atoms with Gasteiger partial charge in [0.25, 0.3) is 10.2 Å². The molecule has 20 heavy (non-hydrogen) atoms. The van der Waals surface area contributed by atoms with Crippen LogP contribution in [0.25, 0.3) is 0 Å². The minimum absolute atomic E-state index is 0.141. The van der Waals surface area contributed by atoms with Crippen LogP contribution in [0.3, 0.4) is 0 Å². The lowest BCUT2D eigenvalue weighted by atomic mass is 10.2. The minimum Gasteiger partial charge on any atom is -0.399 e. The maximum absolute atomic E-state index is 12.7. The second-order valence-electron chi connectivity index (χ2n) is 5.11. The molecule has 5 nitrogen and oxygen atoms in total. The second kappa shape index (κ2) is 6.11. The normalized spacial score (nSPS) is 16.0. The number of hydrogen-bond donors (Lipinski definition) is 1. The maximum atomic E-state index is 12.7. The van der Waals surface area contributed by atoms with Crippen molar-refractivity contribution in [3.8, 4) is 0 Å². The van der Waals surface area contributed by atoms with E-state index in [0.717, 1.165) is 18.4 Å². The Kier molecular flexibility index (Phi) is 4.67. The van der Waals surface area contributed by atoms with Crippen molar-refractivity contribution in [2.45, 2.75) is 39.3 Å². The molecule has 1 fully saturated rings. The third-order valence-corrected chi connectivity index (χ3v) is 5.76. The topological polar surface area (TPSA) is 66.6 Å². The molecule has 1 aliphatic carbocycles. The van der Waals surface area contributed by atoms with Gasteiger partial charge in [-0.1, -0.05) is 26.0 Å². The molecule has 1 aromatic rings. The Morgan fingerprint density at radius 3 is 2.40 bits per heavy atom. The first-order valence-corrected chi connectivity index (χ1v) is 8.50. The van der Waals surface area contributed by atoms with Crippen molar-refractivity contribution < 1.29 is 8.42 Å². The number of rotatable bonds is 7. The van der Waals surface area contributed by atoms with Crippen LogP contribution in [0.15, 0.2) is 24.3 Å². The van der Waals surface area contributed by atoms with E-state index in [4.69, 9.17) is 5.73 Å². The third kappa shape index (κ3) is 3.31. The molecule has 0 atom stereocenters. The fourth-order valence-electron chi connectivity index (χ4n) is 2.33. The molecule has 0 heterocycles. The smallest absolute Gasteiger partial charge is 0.282 e. The molecular weight excluding hydrogens is 274 g/mol. The van der Waals surface area contributed by atoms with Crippen LogP contribution in [0.4, 0.5) is 5.69 Å². The molecule has 0 amide bonds. The number of nitrogen functional groups attached to an aromatic ring is 1. The highest BCUT2D eigenvalue weighted by atomic mass is 32.2. The molecule has 0 aliphatic heterocycles. The number of hydrogen-bond acceptors (Lipinski definition) is 3. The van der Waals surface area contributed by atoms with E-state index in [0.29, 0.717) is 25.3 Å². The van der Waals surface area contributed by atoms with E-state index in [1.807, 2.05) is 38.1 Å². The van der Waals surface area contributed by atoms with Crippen LogP contribution >= 0.6 is 0 Å². The molecule has 112 valence electrons. The third-order valence-electron chi connectivity index (χ3n) is 3.57. The predicted molar refractivity (Wildman–Crippen MR) is 81.3 cm³/mol. The lowest BCUT2D eigenvalue weighted by molar-refractivity contribution is 0.338. The van der Waals surface area contributed by atoms with E-state index < -0.39 is 10.2 Å². The average molecular weight is 297 g/mol. The summed E-state index contributed by atoms with van der Waals surface area (Å²) in [5.74, 6) is 0. The van der Waals surface area contributed by atoms with E-state index in [1.54, 1.807) is 4.31 Å². The molecule has 6 heteroatoms. The van der Waals surface area contributed by atoms with Gasteiger partial charge in [0.1, 0.15) is 0 Å². The van der Waals surface area contributed by atoms with Crippen LogP contribution in [-0.4, -0.2) is 36.2 Å². The van der Waals surface area contributed by atoms with E-state index in [1.165, 1.54) is 4.31 Å². The zero-order chi connectivity index (χ0) is 14.8. The van der Waals surface area contributed by atoms with Gasteiger partial charge in [-0.2, -0.15) is 17.0 Å². The summed E-state index contributed by atoms with van der Waals surface area (Å²) < 4.78 is 28.5. The number of benzene rings is 1. The summed E-state index contributed by atoms with van der Waals surface area (Å²) in [6.45, 7) is 5.13. The zero-order valence-electron chi connectivity index (χ0n) is 12.1. The number of nitrogens with two attached hydrogens (primary N) is 1. The largest absolute Gasteiger partial charge is 0.399 e. The predicted octanol–water partition coefficient (Wildman–Crippen LogP) is 1.82. The first-order chi connectivity index (χ1) is 9.48. The Hall–Kier alpha value is -1.11. The minimum atomic E-state index is -3.39. The number of nitrogens with zero attached hydrogens (tertiary/aromatic N) is 2. The van der Waals surface area contributed by atoms with Crippen LogP contribution in [0.1, 0.15) is 32.3 Å². The van der Waals surface area contributed by atoms with Gasteiger partial charge in [-0.3, -0.25) is 0 Å². The van der Waals surface area contributed by atoms with Crippen molar-refractivity contribution in [3.63, 3.8) is 0 Å². The van der Waals surface area contributed by atoms with Crippen molar-refractivity contribution in [1.29, 1.82) is 0 Å². The summed E-state index contributed by atoms with van der Waals surface area (Å²) in [7, 11) is -3.39. The van der Waals surface area contributed by atoms with Crippen LogP contribution in [0, 0.1) is 0 Å². The van der Waals surface area contributed by atoms with E-state index >= 15 is 0 Å². The monoisotopic (exact) mass is 297 g/mol. The van der Waals surface area contributed by atoms with Crippen LogP contribution in [-0.2, 0) is 16.8 Å². The Labute approximate surface area is 121 Å². The standard InChI is InChI=1S/C14H23N3O2S/c1-3-16(4-2)20(18,19)17(14-8-9-14)11-12-6-5-7-13(15)10-12/h5-7,10,14H,3-4,8-9,11,15H2,1-2H3. The summed E-state index contributed by atoms with van der Waals surface area (Å²) >= 11 is 0. The van der Waals surface area contributed by atoms with Gasteiger partial charge in [-0.05, 0) is 30.5 Å². The lowest BCUT2D eigenvalue weighted by Gasteiger charge is -2.28.